The van der Waals surface area contributed by atoms with Crippen molar-refractivity contribution in [3.63, 3.8) is 0 Å². The summed E-state index contributed by atoms with van der Waals surface area (Å²) in [6.45, 7) is 4.38. The summed E-state index contributed by atoms with van der Waals surface area (Å²) >= 11 is 0. The number of anilines is 1. The third-order valence-corrected chi connectivity index (χ3v) is 3.57. The van der Waals surface area contributed by atoms with Crippen LogP contribution in [0.5, 0.6) is 11.6 Å². The van der Waals surface area contributed by atoms with E-state index in [0.717, 1.165) is 6.42 Å². The van der Waals surface area contributed by atoms with Crippen LogP contribution in [0.25, 0.3) is 11.0 Å². The summed E-state index contributed by atoms with van der Waals surface area (Å²) in [5.74, 6) is 1.80. The summed E-state index contributed by atoms with van der Waals surface area (Å²) in [5, 5.41) is 7.39. The van der Waals surface area contributed by atoms with Crippen LogP contribution in [0.1, 0.15) is 31.7 Å². The summed E-state index contributed by atoms with van der Waals surface area (Å²) in [7, 11) is 0. The monoisotopic (exact) mass is 283 g/mol. The van der Waals surface area contributed by atoms with Crippen LogP contribution < -0.4 is 10.5 Å². The third-order valence-electron chi connectivity index (χ3n) is 3.57. The number of ether oxygens (including phenoxy) is 1. The van der Waals surface area contributed by atoms with Gasteiger partial charge in [-0.2, -0.15) is 15.1 Å². The van der Waals surface area contributed by atoms with Crippen LogP contribution >= 0.6 is 0 Å². The lowest BCUT2D eigenvalue weighted by atomic mass is 9.99. The molecular weight excluding hydrogens is 266 g/mol. The summed E-state index contributed by atoms with van der Waals surface area (Å²) in [6, 6.07) is 8.01. The van der Waals surface area contributed by atoms with Gasteiger partial charge in [-0.05, 0) is 30.0 Å². The molecule has 3 N–H and O–H groups in total. The standard InChI is InChI=1S/C15H17N5O/c1-3-9(2)10-4-6-11(7-5-10)21-14-12-8-17-20-13(12)18-15(16)19-14/h4-9H,3H2,1-2H3,(H3,16,17,18,19,20). The van der Waals surface area contributed by atoms with Crippen molar-refractivity contribution in [1.29, 1.82) is 0 Å². The summed E-state index contributed by atoms with van der Waals surface area (Å²) in [6.07, 6.45) is 2.73. The number of nitrogens with two attached hydrogens (primary N) is 1. The van der Waals surface area contributed by atoms with Gasteiger partial charge in [-0.15, -0.1) is 0 Å². The van der Waals surface area contributed by atoms with Gasteiger partial charge in [-0.3, -0.25) is 5.10 Å². The molecule has 0 saturated heterocycles. The fraction of sp³-hybridized carbons (Fsp3) is 0.267. The van der Waals surface area contributed by atoms with E-state index in [1.807, 2.05) is 12.1 Å². The summed E-state index contributed by atoms with van der Waals surface area (Å²) in [4.78, 5) is 8.18. The van der Waals surface area contributed by atoms with Crippen LogP contribution in [-0.2, 0) is 0 Å². The van der Waals surface area contributed by atoms with Crippen LogP contribution in [0.15, 0.2) is 30.5 Å². The maximum atomic E-state index is 5.81. The molecule has 3 rings (SSSR count). The van der Waals surface area contributed by atoms with E-state index < -0.39 is 0 Å². The Bertz CT molecular complexity index is 750. The van der Waals surface area contributed by atoms with Gasteiger partial charge in [0.1, 0.15) is 11.1 Å². The van der Waals surface area contributed by atoms with Gasteiger partial charge in [0, 0.05) is 0 Å². The van der Waals surface area contributed by atoms with Gasteiger partial charge in [0.25, 0.3) is 0 Å². The quantitative estimate of drug-likeness (QED) is 0.767. The van der Waals surface area contributed by atoms with Crippen LogP contribution in [-0.4, -0.2) is 20.2 Å². The van der Waals surface area contributed by atoms with E-state index in [-0.39, 0.29) is 5.95 Å². The number of rotatable bonds is 4. The maximum absolute atomic E-state index is 5.81. The molecule has 6 heteroatoms. The molecule has 6 nitrogen and oxygen atoms in total. The molecule has 0 fully saturated rings. The van der Waals surface area contributed by atoms with Crippen molar-refractivity contribution >= 4 is 17.0 Å². The second-order valence-corrected chi connectivity index (χ2v) is 5.00. The first-order valence-electron chi connectivity index (χ1n) is 6.91. The SMILES string of the molecule is CCC(C)c1ccc(Oc2nc(N)nc3[nH]ncc23)cc1. The number of nitrogen functional groups attached to an aromatic ring is 1. The molecule has 21 heavy (non-hydrogen) atoms. The Balaban J connectivity index is 1.90. The smallest absolute Gasteiger partial charge is 0.235 e. The maximum Gasteiger partial charge on any atom is 0.235 e. The van der Waals surface area contributed by atoms with Crippen molar-refractivity contribution in [3.05, 3.63) is 36.0 Å². The molecule has 0 aliphatic rings. The second-order valence-electron chi connectivity index (χ2n) is 5.00. The molecule has 1 unspecified atom stereocenters. The topological polar surface area (TPSA) is 89.7 Å². The number of hydrogen-bond donors (Lipinski definition) is 2. The molecule has 2 heterocycles. The minimum absolute atomic E-state index is 0.151. The lowest BCUT2D eigenvalue weighted by molar-refractivity contribution is 0.469. The molecule has 0 aliphatic carbocycles. The highest BCUT2D eigenvalue weighted by molar-refractivity contribution is 5.80. The van der Waals surface area contributed by atoms with Gasteiger partial charge < -0.3 is 10.5 Å². The van der Waals surface area contributed by atoms with Crippen LogP contribution in [0.4, 0.5) is 5.95 Å². The largest absolute Gasteiger partial charge is 0.438 e. The molecule has 0 bridgehead atoms. The number of H-pyrrole nitrogens is 1. The van der Waals surface area contributed by atoms with Crippen LogP contribution in [0.2, 0.25) is 0 Å². The van der Waals surface area contributed by atoms with E-state index in [1.54, 1.807) is 6.20 Å². The average Bonchev–Trinajstić information content (AvgIpc) is 2.95. The van der Waals surface area contributed by atoms with Gasteiger partial charge >= 0.3 is 0 Å². The zero-order valence-corrected chi connectivity index (χ0v) is 12.0. The Morgan fingerprint density at radius 2 is 2.00 bits per heavy atom. The van der Waals surface area contributed by atoms with Crippen molar-refractivity contribution in [2.45, 2.75) is 26.2 Å². The summed E-state index contributed by atoms with van der Waals surface area (Å²) < 4.78 is 5.81. The predicted octanol–water partition coefficient (Wildman–Crippen LogP) is 3.24. The van der Waals surface area contributed by atoms with Crippen LogP contribution in [0, 0.1) is 0 Å². The van der Waals surface area contributed by atoms with Crippen molar-refractivity contribution in [2.75, 3.05) is 5.73 Å². The minimum Gasteiger partial charge on any atom is -0.438 e. The number of aromatic nitrogens is 4. The van der Waals surface area contributed by atoms with E-state index >= 15 is 0 Å². The minimum atomic E-state index is 0.151. The zero-order valence-electron chi connectivity index (χ0n) is 12.0. The van der Waals surface area contributed by atoms with Crippen molar-refractivity contribution < 1.29 is 4.74 Å². The van der Waals surface area contributed by atoms with E-state index in [4.69, 9.17) is 10.5 Å². The molecule has 2 aromatic heterocycles. The highest BCUT2D eigenvalue weighted by Gasteiger charge is 2.10. The Hall–Kier alpha value is -2.63. The number of hydrogen-bond acceptors (Lipinski definition) is 5. The first kappa shape index (κ1) is 13.4. The van der Waals surface area contributed by atoms with Crippen LogP contribution in [0.3, 0.4) is 0 Å². The van der Waals surface area contributed by atoms with E-state index in [1.165, 1.54) is 5.56 Å². The van der Waals surface area contributed by atoms with E-state index in [0.29, 0.717) is 28.6 Å². The van der Waals surface area contributed by atoms with Crippen molar-refractivity contribution in [2.24, 2.45) is 0 Å². The highest BCUT2D eigenvalue weighted by atomic mass is 16.5. The fourth-order valence-corrected chi connectivity index (χ4v) is 2.11. The van der Waals surface area contributed by atoms with Gasteiger partial charge in [-0.1, -0.05) is 26.0 Å². The Labute approximate surface area is 122 Å². The Morgan fingerprint density at radius 3 is 2.71 bits per heavy atom. The fourth-order valence-electron chi connectivity index (χ4n) is 2.11. The molecule has 0 aliphatic heterocycles. The van der Waals surface area contributed by atoms with E-state index in [9.17, 15) is 0 Å². The molecule has 0 saturated carbocycles. The number of nitrogens with one attached hydrogen (secondary N) is 1. The van der Waals surface area contributed by atoms with E-state index in [2.05, 4.69) is 46.1 Å². The van der Waals surface area contributed by atoms with Crippen molar-refractivity contribution in [3.8, 4) is 11.6 Å². The molecule has 108 valence electrons. The normalized spacial score (nSPS) is 12.5. The molecule has 0 amide bonds. The van der Waals surface area contributed by atoms with Gasteiger partial charge in [0.2, 0.25) is 11.8 Å². The highest BCUT2D eigenvalue weighted by Crippen LogP contribution is 2.28. The third kappa shape index (κ3) is 2.65. The average molecular weight is 283 g/mol. The number of aromatic amines is 1. The van der Waals surface area contributed by atoms with Gasteiger partial charge in [0.15, 0.2) is 5.65 Å². The summed E-state index contributed by atoms with van der Waals surface area (Å²) in [5.41, 5.74) is 7.53. The molecule has 1 aromatic carbocycles. The molecule has 1 atom stereocenters. The second kappa shape index (κ2) is 5.40. The Kier molecular flexibility index (Phi) is 3.43. The molecular formula is C15H17N5O. The van der Waals surface area contributed by atoms with Crippen molar-refractivity contribution in [1.82, 2.24) is 20.2 Å². The number of benzene rings is 1. The van der Waals surface area contributed by atoms with Gasteiger partial charge in [-0.25, -0.2) is 0 Å². The lowest BCUT2D eigenvalue weighted by Crippen LogP contribution is -1.98. The molecule has 3 aromatic rings. The predicted molar refractivity (Wildman–Crippen MR) is 81.3 cm³/mol. The number of fused-ring (bicyclic) bond motifs is 1. The lowest BCUT2D eigenvalue weighted by Gasteiger charge is -2.10. The first-order chi connectivity index (χ1) is 10.2. The Morgan fingerprint density at radius 1 is 1.24 bits per heavy atom. The number of nitrogens with zero attached hydrogens (tertiary/aromatic N) is 3. The molecule has 0 radical (unpaired) electrons. The first-order valence-corrected chi connectivity index (χ1v) is 6.91. The zero-order chi connectivity index (χ0) is 14.8. The van der Waals surface area contributed by atoms with Gasteiger partial charge in [0.05, 0.1) is 6.20 Å². The molecule has 0 spiro atoms.